The van der Waals surface area contributed by atoms with Crippen LogP contribution in [0.4, 0.5) is 4.79 Å². The average Bonchev–Trinajstić information content (AvgIpc) is 2.52. The fraction of sp³-hybridized carbons (Fsp3) is 0.154. The highest BCUT2D eigenvalue weighted by Crippen LogP contribution is 2.23. The van der Waals surface area contributed by atoms with Gasteiger partial charge in [-0.3, -0.25) is 14.9 Å². The first-order valence-electron chi connectivity index (χ1n) is 6.41. The first-order chi connectivity index (χ1) is 11.3. The van der Waals surface area contributed by atoms with E-state index in [1.165, 1.54) is 19.1 Å². The van der Waals surface area contributed by atoms with Crippen molar-refractivity contribution in [3.8, 4) is 0 Å². The van der Waals surface area contributed by atoms with Gasteiger partial charge in [-0.2, -0.15) is 4.68 Å². The van der Waals surface area contributed by atoms with E-state index in [4.69, 9.17) is 23.2 Å². The lowest BCUT2D eigenvalue weighted by Gasteiger charge is -2.12. The number of rotatable bonds is 3. The first kappa shape index (κ1) is 18.2. The Hall–Kier alpha value is -2.10. The maximum atomic E-state index is 12.1. The minimum Gasteiger partial charge on any atom is -0.272 e. The molecule has 0 unspecified atom stereocenters. The summed E-state index contributed by atoms with van der Waals surface area (Å²) in [5, 5.41) is 9.85. The van der Waals surface area contributed by atoms with Crippen LogP contribution in [0.25, 0.3) is 0 Å². The second-order valence-corrected chi connectivity index (χ2v) is 5.99. The molecule has 0 spiro atoms. The Bertz CT molecular complexity index is 851. The Morgan fingerprint density at radius 1 is 1.21 bits per heavy atom. The Kier molecular flexibility index (Phi) is 5.81. The number of aryl methyl sites for hydroxylation is 1. The first-order valence-corrected chi connectivity index (χ1v) is 8.40. The van der Waals surface area contributed by atoms with Crippen molar-refractivity contribution in [1.29, 1.82) is 0 Å². The van der Waals surface area contributed by atoms with Crippen molar-refractivity contribution in [2.24, 2.45) is 0 Å². The van der Waals surface area contributed by atoms with Gasteiger partial charge < -0.3 is 0 Å². The monoisotopic (exact) mass is 387 g/mol. The van der Waals surface area contributed by atoms with Crippen molar-refractivity contribution >= 4 is 46.9 Å². The van der Waals surface area contributed by atoms with Crippen LogP contribution in [-0.2, 0) is 0 Å². The average molecular weight is 388 g/mol. The van der Waals surface area contributed by atoms with Gasteiger partial charge in [0.25, 0.3) is 11.5 Å². The number of carbonyl (C=O) groups is 2. The standard InChI is InChI=1S/C13H11Cl2N5O3S/c1-6-11(22)20(13(24-2)18-17-6)19-12(23)16-10(21)9-7(14)4-3-5-8(9)15/h3-5H,1-2H3,(H2,16,19,21,23). The van der Waals surface area contributed by atoms with Crippen molar-refractivity contribution in [3.05, 3.63) is 49.9 Å². The van der Waals surface area contributed by atoms with Crippen LogP contribution in [0, 0.1) is 6.92 Å². The number of imide groups is 1. The lowest BCUT2D eigenvalue weighted by Crippen LogP contribution is -2.43. The minimum absolute atomic E-state index is 0.0440. The number of aromatic nitrogens is 3. The summed E-state index contributed by atoms with van der Waals surface area (Å²) in [4.78, 5) is 36.2. The van der Waals surface area contributed by atoms with Crippen LogP contribution in [0.1, 0.15) is 16.1 Å². The van der Waals surface area contributed by atoms with Gasteiger partial charge in [0.2, 0.25) is 5.16 Å². The molecule has 0 aliphatic heterocycles. The van der Waals surface area contributed by atoms with E-state index in [0.29, 0.717) is 0 Å². The summed E-state index contributed by atoms with van der Waals surface area (Å²) in [6.45, 7) is 1.45. The largest absolute Gasteiger partial charge is 0.340 e. The van der Waals surface area contributed by atoms with Crippen molar-refractivity contribution in [1.82, 2.24) is 20.2 Å². The van der Waals surface area contributed by atoms with Gasteiger partial charge in [-0.1, -0.05) is 41.0 Å². The van der Waals surface area contributed by atoms with Crippen molar-refractivity contribution in [2.45, 2.75) is 12.1 Å². The maximum absolute atomic E-state index is 12.1. The third kappa shape index (κ3) is 3.86. The lowest BCUT2D eigenvalue weighted by molar-refractivity contribution is 0.0966. The molecule has 0 saturated heterocycles. The van der Waals surface area contributed by atoms with Crippen LogP contribution < -0.4 is 16.3 Å². The van der Waals surface area contributed by atoms with Gasteiger partial charge in [-0.25, -0.2) is 10.2 Å². The van der Waals surface area contributed by atoms with E-state index in [2.05, 4.69) is 15.6 Å². The Balaban J connectivity index is 2.22. The number of thioether (sulfide) groups is 1. The number of nitrogens with zero attached hydrogens (tertiary/aromatic N) is 3. The summed E-state index contributed by atoms with van der Waals surface area (Å²) in [6, 6.07) is 3.55. The quantitative estimate of drug-likeness (QED) is 0.780. The van der Waals surface area contributed by atoms with Crippen LogP contribution in [0.15, 0.2) is 28.2 Å². The fourth-order valence-electron chi connectivity index (χ4n) is 1.69. The highest BCUT2D eigenvalue weighted by Gasteiger charge is 2.18. The van der Waals surface area contributed by atoms with Crippen molar-refractivity contribution in [3.63, 3.8) is 0 Å². The molecule has 0 atom stereocenters. The number of halogens is 2. The van der Waals surface area contributed by atoms with Crippen molar-refractivity contribution < 1.29 is 9.59 Å². The van der Waals surface area contributed by atoms with Crippen LogP contribution in [-0.4, -0.2) is 33.1 Å². The molecule has 2 rings (SSSR count). The predicted molar refractivity (Wildman–Crippen MR) is 91.5 cm³/mol. The molecular weight excluding hydrogens is 377 g/mol. The summed E-state index contributed by atoms with van der Waals surface area (Å²) < 4.78 is 0.893. The summed E-state index contributed by atoms with van der Waals surface area (Å²) in [7, 11) is 0. The van der Waals surface area contributed by atoms with Gasteiger partial charge in [0.1, 0.15) is 5.69 Å². The molecule has 1 heterocycles. The Morgan fingerprint density at radius 3 is 2.42 bits per heavy atom. The number of urea groups is 1. The van der Waals surface area contributed by atoms with Crippen LogP contribution >= 0.6 is 35.0 Å². The molecule has 3 amide bonds. The van der Waals surface area contributed by atoms with Crippen LogP contribution in [0.3, 0.4) is 0 Å². The summed E-state index contributed by atoms with van der Waals surface area (Å²) in [5.41, 5.74) is 1.72. The van der Waals surface area contributed by atoms with Gasteiger partial charge in [0.05, 0.1) is 15.6 Å². The molecule has 2 N–H and O–H groups in total. The third-order valence-corrected chi connectivity index (χ3v) is 4.06. The van der Waals surface area contributed by atoms with Gasteiger partial charge >= 0.3 is 6.03 Å². The zero-order chi connectivity index (χ0) is 17.9. The molecular formula is C13H11Cl2N5O3S. The highest BCUT2D eigenvalue weighted by molar-refractivity contribution is 7.98. The molecule has 11 heteroatoms. The third-order valence-electron chi connectivity index (χ3n) is 2.80. The van der Waals surface area contributed by atoms with E-state index < -0.39 is 17.5 Å². The Labute approximate surface area is 150 Å². The van der Waals surface area contributed by atoms with Gasteiger partial charge in [0.15, 0.2) is 0 Å². The molecule has 8 nitrogen and oxygen atoms in total. The van der Waals surface area contributed by atoms with E-state index in [1.54, 1.807) is 12.3 Å². The lowest BCUT2D eigenvalue weighted by atomic mass is 10.2. The number of hydrogen-bond donors (Lipinski definition) is 2. The molecule has 0 aliphatic rings. The zero-order valence-electron chi connectivity index (χ0n) is 12.5. The molecule has 126 valence electrons. The smallest absolute Gasteiger partial charge is 0.272 e. The van der Waals surface area contributed by atoms with Gasteiger partial charge in [-0.15, -0.1) is 10.2 Å². The predicted octanol–water partition coefficient (Wildman–Crippen LogP) is 2.07. The van der Waals surface area contributed by atoms with Crippen LogP contribution in [0.2, 0.25) is 10.0 Å². The molecule has 0 bridgehead atoms. The second kappa shape index (κ2) is 7.65. The summed E-state index contributed by atoms with van der Waals surface area (Å²) in [6.07, 6.45) is 1.66. The summed E-state index contributed by atoms with van der Waals surface area (Å²) >= 11 is 12.9. The van der Waals surface area contributed by atoms with E-state index in [0.717, 1.165) is 16.4 Å². The molecule has 2 aromatic rings. The minimum atomic E-state index is -0.944. The second-order valence-electron chi connectivity index (χ2n) is 4.40. The summed E-state index contributed by atoms with van der Waals surface area (Å²) in [5.74, 6) is -0.805. The molecule has 1 aromatic carbocycles. The van der Waals surface area contributed by atoms with E-state index in [-0.39, 0.29) is 26.5 Å². The fourth-order valence-corrected chi connectivity index (χ4v) is 2.70. The van der Waals surface area contributed by atoms with Crippen molar-refractivity contribution in [2.75, 3.05) is 11.7 Å². The van der Waals surface area contributed by atoms with Crippen LogP contribution in [0.5, 0.6) is 0 Å². The van der Waals surface area contributed by atoms with E-state index >= 15 is 0 Å². The number of carbonyl (C=O) groups excluding carboxylic acids is 2. The molecule has 1 aromatic heterocycles. The maximum Gasteiger partial charge on any atom is 0.340 e. The normalized spacial score (nSPS) is 10.3. The van der Waals surface area contributed by atoms with E-state index in [1.807, 2.05) is 5.32 Å². The number of benzene rings is 1. The molecule has 0 aliphatic carbocycles. The number of amides is 3. The van der Waals surface area contributed by atoms with Gasteiger partial charge in [-0.05, 0) is 25.3 Å². The molecule has 0 saturated carbocycles. The highest BCUT2D eigenvalue weighted by atomic mass is 35.5. The SMILES string of the molecule is CSc1nnc(C)c(=O)n1NC(=O)NC(=O)c1c(Cl)cccc1Cl. The Morgan fingerprint density at radius 2 is 1.83 bits per heavy atom. The number of nitrogens with one attached hydrogen (secondary N) is 2. The molecule has 0 fully saturated rings. The van der Waals surface area contributed by atoms with E-state index in [9.17, 15) is 14.4 Å². The number of hydrogen-bond acceptors (Lipinski definition) is 6. The topological polar surface area (TPSA) is 106 Å². The molecule has 24 heavy (non-hydrogen) atoms. The van der Waals surface area contributed by atoms with Gasteiger partial charge in [0, 0.05) is 0 Å². The zero-order valence-corrected chi connectivity index (χ0v) is 14.8. The molecule has 0 radical (unpaired) electrons.